The summed E-state index contributed by atoms with van der Waals surface area (Å²) in [7, 11) is 3.94. The molecule has 0 saturated carbocycles. The summed E-state index contributed by atoms with van der Waals surface area (Å²) in [6, 6.07) is 4.73. The lowest BCUT2D eigenvalue weighted by Crippen LogP contribution is -2.16. The van der Waals surface area contributed by atoms with Crippen molar-refractivity contribution in [3.63, 3.8) is 0 Å². The lowest BCUT2D eigenvalue weighted by Gasteiger charge is -2.10. The van der Waals surface area contributed by atoms with Crippen molar-refractivity contribution < 1.29 is 9.53 Å². The van der Waals surface area contributed by atoms with E-state index in [0.29, 0.717) is 22.9 Å². The maximum atomic E-state index is 11.7. The molecule has 94 valence electrons. The molecule has 0 aromatic heterocycles. The van der Waals surface area contributed by atoms with Crippen LogP contribution in [0.2, 0.25) is 5.02 Å². The van der Waals surface area contributed by atoms with Gasteiger partial charge in [0.2, 0.25) is 0 Å². The maximum absolute atomic E-state index is 11.7. The topological polar surface area (TPSA) is 55.6 Å². The summed E-state index contributed by atoms with van der Waals surface area (Å²) in [6.07, 6.45) is 0.798. The molecule has 0 unspecified atom stereocenters. The molecule has 0 radical (unpaired) electrons. The van der Waals surface area contributed by atoms with Gasteiger partial charge in [0.05, 0.1) is 12.2 Å². The van der Waals surface area contributed by atoms with Gasteiger partial charge in [-0.25, -0.2) is 4.79 Å². The average molecular weight is 257 g/mol. The normalized spacial score (nSPS) is 10.6. The molecule has 1 aromatic rings. The predicted molar refractivity (Wildman–Crippen MR) is 69.3 cm³/mol. The Bertz CT molecular complexity index is 394. The molecule has 0 amide bonds. The third-order valence-corrected chi connectivity index (χ3v) is 2.45. The fourth-order valence-corrected chi connectivity index (χ4v) is 1.52. The Morgan fingerprint density at radius 3 is 2.76 bits per heavy atom. The van der Waals surface area contributed by atoms with Crippen molar-refractivity contribution in [1.29, 1.82) is 0 Å². The standard InChI is InChI=1S/C12H17ClN2O2/c1-15(2)6-3-7-17-12(16)10-5-4-9(13)8-11(10)14/h4-5,8H,3,6-7,14H2,1-2H3. The number of carbonyl (C=O) groups excluding carboxylic acids is 1. The second-order valence-electron chi connectivity index (χ2n) is 4.02. The maximum Gasteiger partial charge on any atom is 0.340 e. The van der Waals surface area contributed by atoms with Gasteiger partial charge >= 0.3 is 5.97 Å². The van der Waals surface area contributed by atoms with Crippen LogP contribution >= 0.6 is 11.6 Å². The van der Waals surface area contributed by atoms with Gasteiger partial charge in [0.25, 0.3) is 0 Å². The number of nitrogens with two attached hydrogens (primary N) is 1. The summed E-state index contributed by atoms with van der Waals surface area (Å²) in [5, 5.41) is 0.506. The first kappa shape index (κ1) is 13.8. The molecule has 0 heterocycles. The van der Waals surface area contributed by atoms with Crippen LogP contribution in [0.15, 0.2) is 18.2 Å². The van der Waals surface area contributed by atoms with Gasteiger partial charge in [0, 0.05) is 17.3 Å². The molecule has 2 N–H and O–H groups in total. The van der Waals surface area contributed by atoms with Crippen LogP contribution in [0.1, 0.15) is 16.8 Å². The Balaban J connectivity index is 2.47. The van der Waals surface area contributed by atoms with Crippen molar-refractivity contribution in [3.05, 3.63) is 28.8 Å². The molecule has 0 fully saturated rings. The van der Waals surface area contributed by atoms with Crippen LogP contribution in [0.5, 0.6) is 0 Å². The Hall–Kier alpha value is -1.26. The monoisotopic (exact) mass is 256 g/mol. The largest absolute Gasteiger partial charge is 0.462 e. The predicted octanol–water partition coefficient (Wildman–Crippen LogP) is 2.03. The van der Waals surface area contributed by atoms with Crippen molar-refractivity contribution in [2.75, 3.05) is 33.0 Å². The van der Waals surface area contributed by atoms with Gasteiger partial charge in [-0.15, -0.1) is 0 Å². The van der Waals surface area contributed by atoms with E-state index in [1.165, 1.54) is 6.07 Å². The third-order valence-electron chi connectivity index (χ3n) is 2.22. The van der Waals surface area contributed by atoms with Crippen molar-refractivity contribution in [1.82, 2.24) is 4.90 Å². The summed E-state index contributed by atoms with van der Waals surface area (Å²) in [4.78, 5) is 13.7. The lowest BCUT2D eigenvalue weighted by molar-refractivity contribution is 0.0494. The van der Waals surface area contributed by atoms with E-state index in [2.05, 4.69) is 0 Å². The average Bonchev–Trinajstić information content (AvgIpc) is 2.23. The number of anilines is 1. The van der Waals surface area contributed by atoms with Crippen molar-refractivity contribution in [2.45, 2.75) is 6.42 Å². The summed E-state index contributed by atoms with van der Waals surface area (Å²) in [5.74, 6) is -0.405. The molecular formula is C12H17ClN2O2. The molecule has 0 aliphatic rings. The third kappa shape index (κ3) is 4.63. The van der Waals surface area contributed by atoms with E-state index in [4.69, 9.17) is 22.1 Å². The molecule has 1 aromatic carbocycles. The summed E-state index contributed by atoms with van der Waals surface area (Å²) >= 11 is 5.75. The highest BCUT2D eigenvalue weighted by molar-refractivity contribution is 6.31. The van der Waals surface area contributed by atoms with Crippen LogP contribution in [0, 0.1) is 0 Å². The second-order valence-corrected chi connectivity index (χ2v) is 4.46. The number of halogens is 1. The van der Waals surface area contributed by atoms with Crippen LogP contribution in [-0.4, -0.2) is 38.1 Å². The molecular weight excluding hydrogens is 240 g/mol. The van der Waals surface area contributed by atoms with Crippen molar-refractivity contribution >= 4 is 23.3 Å². The SMILES string of the molecule is CN(C)CCCOC(=O)c1ccc(Cl)cc1N. The minimum Gasteiger partial charge on any atom is -0.462 e. The van der Waals surface area contributed by atoms with Gasteiger partial charge in [0.15, 0.2) is 0 Å². The quantitative estimate of drug-likeness (QED) is 0.498. The van der Waals surface area contributed by atoms with Crippen molar-refractivity contribution in [3.8, 4) is 0 Å². The number of ether oxygens (including phenoxy) is 1. The zero-order chi connectivity index (χ0) is 12.8. The zero-order valence-corrected chi connectivity index (χ0v) is 10.8. The van der Waals surface area contributed by atoms with Gasteiger partial charge in [-0.05, 0) is 38.7 Å². The number of hydrogen-bond acceptors (Lipinski definition) is 4. The highest BCUT2D eigenvalue weighted by Crippen LogP contribution is 2.18. The van der Waals surface area contributed by atoms with Gasteiger partial charge in [-0.1, -0.05) is 11.6 Å². The van der Waals surface area contributed by atoms with Crippen LogP contribution in [-0.2, 0) is 4.74 Å². The minimum atomic E-state index is -0.405. The summed E-state index contributed by atoms with van der Waals surface area (Å²) in [6.45, 7) is 1.27. The number of esters is 1. The first-order valence-electron chi connectivity index (χ1n) is 5.37. The van der Waals surface area contributed by atoms with E-state index in [-0.39, 0.29) is 0 Å². The number of nitrogen functional groups attached to an aromatic ring is 1. The molecule has 0 aliphatic heterocycles. The Labute approximate surface area is 106 Å². The highest BCUT2D eigenvalue weighted by Gasteiger charge is 2.11. The number of nitrogens with zero attached hydrogens (tertiary/aromatic N) is 1. The zero-order valence-electron chi connectivity index (χ0n) is 10.1. The second kappa shape index (κ2) is 6.47. The van der Waals surface area contributed by atoms with E-state index in [1.54, 1.807) is 12.1 Å². The molecule has 0 spiro atoms. The Kier molecular flexibility index (Phi) is 5.25. The molecule has 0 aliphatic carbocycles. The van der Waals surface area contributed by atoms with Crippen LogP contribution in [0.4, 0.5) is 5.69 Å². The lowest BCUT2D eigenvalue weighted by atomic mass is 10.2. The van der Waals surface area contributed by atoms with E-state index >= 15 is 0 Å². The van der Waals surface area contributed by atoms with Crippen molar-refractivity contribution in [2.24, 2.45) is 0 Å². The van der Waals surface area contributed by atoms with Gasteiger partial charge in [-0.2, -0.15) is 0 Å². The van der Waals surface area contributed by atoms with Gasteiger partial charge < -0.3 is 15.4 Å². The molecule has 0 bridgehead atoms. The molecule has 0 saturated heterocycles. The van der Waals surface area contributed by atoms with Crippen LogP contribution in [0.3, 0.4) is 0 Å². The van der Waals surface area contributed by atoms with E-state index in [1.807, 2.05) is 19.0 Å². The van der Waals surface area contributed by atoms with Gasteiger partial charge in [0.1, 0.15) is 0 Å². The summed E-state index contributed by atoms with van der Waals surface area (Å²) in [5.41, 5.74) is 6.38. The molecule has 1 rings (SSSR count). The molecule has 17 heavy (non-hydrogen) atoms. The fraction of sp³-hybridized carbons (Fsp3) is 0.417. The first-order chi connectivity index (χ1) is 8.00. The van der Waals surface area contributed by atoms with E-state index < -0.39 is 5.97 Å². The molecule has 5 heteroatoms. The Morgan fingerprint density at radius 1 is 1.47 bits per heavy atom. The smallest absolute Gasteiger partial charge is 0.340 e. The highest BCUT2D eigenvalue weighted by atomic mass is 35.5. The number of benzene rings is 1. The number of carbonyl (C=O) groups is 1. The van der Waals surface area contributed by atoms with Crippen LogP contribution < -0.4 is 5.73 Å². The number of hydrogen-bond donors (Lipinski definition) is 1. The van der Waals surface area contributed by atoms with Gasteiger partial charge in [-0.3, -0.25) is 0 Å². The summed E-state index contributed by atoms with van der Waals surface area (Å²) < 4.78 is 5.11. The van der Waals surface area contributed by atoms with E-state index in [0.717, 1.165) is 13.0 Å². The Morgan fingerprint density at radius 2 is 2.18 bits per heavy atom. The van der Waals surface area contributed by atoms with Crippen LogP contribution in [0.25, 0.3) is 0 Å². The minimum absolute atomic E-state index is 0.343. The molecule has 4 nitrogen and oxygen atoms in total. The molecule has 0 atom stereocenters. The number of rotatable bonds is 5. The fourth-order valence-electron chi connectivity index (χ4n) is 1.34. The first-order valence-corrected chi connectivity index (χ1v) is 5.75. The van der Waals surface area contributed by atoms with E-state index in [9.17, 15) is 4.79 Å².